The van der Waals surface area contributed by atoms with Gasteiger partial charge in [0.05, 0.1) is 0 Å². The zero-order chi connectivity index (χ0) is 8.10. The second kappa shape index (κ2) is 5.08. The first kappa shape index (κ1) is 9.44. The van der Waals surface area contributed by atoms with E-state index in [-0.39, 0.29) is 22.9 Å². The average Bonchev–Trinajstić information content (AvgIpc) is 2.40. The first-order valence-corrected chi connectivity index (χ1v) is 8.33. The Hall–Kier alpha value is 0.350. The van der Waals surface area contributed by atoms with Crippen LogP contribution in [0.1, 0.15) is 26.7 Å². The molecule has 1 rings (SSSR count). The van der Waals surface area contributed by atoms with Gasteiger partial charge < -0.3 is 0 Å². The maximum absolute atomic E-state index is 2.44. The molecular formula is C10H16In. The Morgan fingerprint density at radius 1 is 1.36 bits per heavy atom. The molecule has 0 aromatic rings. The van der Waals surface area contributed by atoms with Gasteiger partial charge in [-0.15, -0.1) is 0 Å². The predicted molar refractivity (Wildman–Crippen MR) is 52.1 cm³/mol. The molecule has 1 unspecified atom stereocenters. The molecule has 1 heteroatoms. The molecular weight excluding hydrogens is 235 g/mol. The van der Waals surface area contributed by atoms with Crippen LogP contribution in [0, 0.1) is 0 Å². The molecule has 0 saturated heterocycles. The minimum absolute atomic E-state index is 0.317. The van der Waals surface area contributed by atoms with E-state index in [4.69, 9.17) is 0 Å². The molecule has 1 aliphatic carbocycles. The van der Waals surface area contributed by atoms with Gasteiger partial charge in [-0.05, 0) is 0 Å². The van der Waals surface area contributed by atoms with Crippen LogP contribution >= 0.6 is 0 Å². The van der Waals surface area contributed by atoms with E-state index in [1.165, 1.54) is 12.8 Å². The third-order valence-corrected chi connectivity index (χ3v) is 7.44. The topological polar surface area (TPSA) is 0 Å². The summed E-state index contributed by atoms with van der Waals surface area (Å²) in [5, 5.41) is 0. The quantitative estimate of drug-likeness (QED) is 0.719. The van der Waals surface area contributed by atoms with Crippen LogP contribution in [0.4, 0.5) is 0 Å². The normalized spacial score (nSPS) is 19.1. The van der Waals surface area contributed by atoms with E-state index in [9.17, 15) is 0 Å². The summed E-state index contributed by atoms with van der Waals surface area (Å²) in [6.45, 7) is 4.73. The van der Waals surface area contributed by atoms with Crippen LogP contribution in [0.2, 0.25) is 7.35 Å². The molecule has 1 radical (unpaired) electrons. The molecule has 0 saturated carbocycles. The summed E-state index contributed by atoms with van der Waals surface area (Å²) in [6, 6.07) is 0. The van der Waals surface area contributed by atoms with Gasteiger partial charge in [-0.3, -0.25) is 0 Å². The number of hydrogen-bond acceptors (Lipinski definition) is 0. The Morgan fingerprint density at radius 2 is 2.00 bits per heavy atom. The van der Waals surface area contributed by atoms with Crippen molar-refractivity contribution in [2.24, 2.45) is 0 Å². The van der Waals surface area contributed by atoms with Gasteiger partial charge >= 0.3 is 81.2 Å². The van der Waals surface area contributed by atoms with Crippen molar-refractivity contribution in [2.75, 3.05) is 0 Å². The van der Waals surface area contributed by atoms with Gasteiger partial charge in [0, 0.05) is 0 Å². The molecule has 0 fully saturated rings. The van der Waals surface area contributed by atoms with Crippen LogP contribution in [-0.2, 0) is 0 Å². The molecule has 0 amide bonds. The first-order valence-electron chi connectivity index (χ1n) is 4.53. The SMILES string of the molecule is CCC[CH](C)[In][CH]1C=CC=C1. The van der Waals surface area contributed by atoms with Crippen molar-refractivity contribution in [1.29, 1.82) is 0 Å². The summed E-state index contributed by atoms with van der Waals surface area (Å²) < 4.78 is 2.00. The Morgan fingerprint density at radius 3 is 2.55 bits per heavy atom. The summed E-state index contributed by atoms with van der Waals surface area (Å²) >= 11 is -0.317. The molecule has 0 aromatic carbocycles. The van der Waals surface area contributed by atoms with E-state index in [0.29, 0.717) is 0 Å². The fourth-order valence-corrected chi connectivity index (χ4v) is 6.64. The zero-order valence-electron chi connectivity index (χ0n) is 7.46. The van der Waals surface area contributed by atoms with Gasteiger partial charge in [-0.2, -0.15) is 0 Å². The Balaban J connectivity index is 2.19. The molecule has 1 atom stereocenters. The van der Waals surface area contributed by atoms with Crippen molar-refractivity contribution >= 4 is 22.9 Å². The van der Waals surface area contributed by atoms with Crippen LogP contribution in [-0.4, -0.2) is 22.9 Å². The zero-order valence-corrected chi connectivity index (χ0v) is 10.8. The first-order chi connectivity index (χ1) is 5.33. The molecule has 0 spiro atoms. The van der Waals surface area contributed by atoms with Gasteiger partial charge in [-0.25, -0.2) is 0 Å². The minimum atomic E-state index is -0.317. The second-order valence-electron chi connectivity index (χ2n) is 3.31. The van der Waals surface area contributed by atoms with Crippen molar-refractivity contribution < 1.29 is 0 Å². The monoisotopic (exact) mass is 251 g/mol. The van der Waals surface area contributed by atoms with E-state index < -0.39 is 0 Å². The molecule has 0 nitrogen and oxygen atoms in total. The van der Waals surface area contributed by atoms with Gasteiger partial charge in [0.2, 0.25) is 0 Å². The van der Waals surface area contributed by atoms with Crippen molar-refractivity contribution in [1.82, 2.24) is 0 Å². The van der Waals surface area contributed by atoms with Gasteiger partial charge in [0.15, 0.2) is 0 Å². The molecule has 0 bridgehead atoms. The molecule has 0 aliphatic heterocycles. The predicted octanol–water partition coefficient (Wildman–Crippen LogP) is 3.21. The molecule has 1 aliphatic rings. The molecule has 11 heavy (non-hydrogen) atoms. The third-order valence-electron chi connectivity index (χ3n) is 2.07. The molecule has 0 aromatic heterocycles. The summed E-state index contributed by atoms with van der Waals surface area (Å²) in [5.41, 5.74) is 0. The van der Waals surface area contributed by atoms with E-state index >= 15 is 0 Å². The van der Waals surface area contributed by atoms with E-state index in [1.807, 2.05) is 0 Å². The third kappa shape index (κ3) is 3.50. The maximum atomic E-state index is 2.44. The molecule has 0 heterocycles. The van der Waals surface area contributed by atoms with Gasteiger partial charge in [-0.1, -0.05) is 0 Å². The summed E-state index contributed by atoms with van der Waals surface area (Å²) in [5.74, 6) is 0. The molecule has 0 N–H and O–H groups in total. The van der Waals surface area contributed by atoms with Crippen LogP contribution in [0.15, 0.2) is 24.3 Å². The fourth-order valence-electron chi connectivity index (χ4n) is 1.51. The van der Waals surface area contributed by atoms with Crippen molar-refractivity contribution in [3.05, 3.63) is 24.3 Å². The molecule has 59 valence electrons. The van der Waals surface area contributed by atoms with Crippen LogP contribution in [0.3, 0.4) is 0 Å². The number of hydrogen-bond donors (Lipinski definition) is 0. The van der Waals surface area contributed by atoms with Crippen molar-refractivity contribution in [2.45, 2.75) is 34.0 Å². The number of rotatable bonds is 4. The number of allylic oxidation sites excluding steroid dienone is 4. The standard InChI is InChI=1S/C5H5.C5H11.In/c1-2-4-5-3-1;1-3-5-4-2;/h1-5H;3H,4-5H2,1-2H3;. The van der Waals surface area contributed by atoms with E-state index in [0.717, 1.165) is 7.35 Å². The Bertz CT molecular complexity index is 146. The summed E-state index contributed by atoms with van der Waals surface area (Å²) in [6.07, 6.45) is 12.0. The average molecular weight is 251 g/mol. The summed E-state index contributed by atoms with van der Waals surface area (Å²) in [4.78, 5) is 0. The van der Waals surface area contributed by atoms with Crippen molar-refractivity contribution in [3.8, 4) is 0 Å². The Kier molecular flexibility index (Phi) is 4.36. The van der Waals surface area contributed by atoms with Gasteiger partial charge in [0.25, 0.3) is 0 Å². The van der Waals surface area contributed by atoms with Crippen LogP contribution < -0.4 is 0 Å². The Labute approximate surface area is 81.1 Å². The van der Waals surface area contributed by atoms with Gasteiger partial charge in [0.1, 0.15) is 0 Å². The fraction of sp³-hybridized carbons (Fsp3) is 0.600. The van der Waals surface area contributed by atoms with E-state index in [2.05, 4.69) is 38.2 Å². The van der Waals surface area contributed by atoms with Crippen LogP contribution in [0.25, 0.3) is 0 Å². The second-order valence-corrected chi connectivity index (χ2v) is 9.85. The van der Waals surface area contributed by atoms with E-state index in [1.54, 1.807) is 0 Å². The van der Waals surface area contributed by atoms with Crippen molar-refractivity contribution in [3.63, 3.8) is 0 Å². The summed E-state index contributed by atoms with van der Waals surface area (Å²) in [7, 11) is 0. The van der Waals surface area contributed by atoms with Crippen LogP contribution in [0.5, 0.6) is 0 Å².